The topological polar surface area (TPSA) is 37.8 Å². The highest BCUT2D eigenvalue weighted by Crippen LogP contribution is 2.37. The number of thiophene rings is 1. The van der Waals surface area contributed by atoms with Gasteiger partial charge in [0.15, 0.2) is 0 Å². The van der Waals surface area contributed by atoms with Crippen LogP contribution in [0.5, 0.6) is 0 Å². The molecule has 3 rings (SSSR count). The van der Waals surface area contributed by atoms with Crippen molar-refractivity contribution >= 4 is 27.4 Å². The third-order valence-corrected chi connectivity index (χ3v) is 4.58. The number of nitrogens with zero attached hydrogens (tertiary/aromatic N) is 2. The lowest BCUT2D eigenvalue weighted by atomic mass is 9.89. The molecule has 1 aliphatic rings. The maximum atomic E-state index is 4.36. The average Bonchev–Trinajstić information content (AvgIpc) is 2.95. The number of aromatic nitrogens is 2. The summed E-state index contributed by atoms with van der Waals surface area (Å²) in [5.74, 6) is 0.990. The lowest BCUT2D eigenvalue weighted by Gasteiger charge is -2.24. The molecule has 0 aromatic carbocycles. The molecule has 17 heavy (non-hydrogen) atoms. The minimum Gasteiger partial charge on any atom is -0.369 e. The first-order valence-electron chi connectivity index (χ1n) is 6.19. The molecule has 2 aromatic heterocycles. The van der Waals surface area contributed by atoms with E-state index in [9.17, 15) is 0 Å². The smallest absolute Gasteiger partial charge is 0.138 e. The fourth-order valence-corrected chi connectivity index (χ4v) is 3.37. The van der Waals surface area contributed by atoms with Crippen LogP contribution in [0.2, 0.25) is 0 Å². The van der Waals surface area contributed by atoms with Gasteiger partial charge in [-0.25, -0.2) is 9.97 Å². The van der Waals surface area contributed by atoms with Crippen LogP contribution in [-0.4, -0.2) is 16.5 Å². The highest BCUT2D eigenvalue weighted by atomic mass is 32.1. The maximum Gasteiger partial charge on any atom is 0.138 e. The Hall–Kier alpha value is -1.16. The van der Waals surface area contributed by atoms with E-state index in [2.05, 4.69) is 33.7 Å². The van der Waals surface area contributed by atoms with Crippen molar-refractivity contribution in [3.8, 4) is 0 Å². The number of hydrogen-bond acceptors (Lipinski definition) is 4. The molecule has 0 saturated heterocycles. The Bertz CT molecular complexity index is 514. The molecular weight excluding hydrogens is 230 g/mol. The van der Waals surface area contributed by atoms with Crippen LogP contribution in [0.4, 0.5) is 5.82 Å². The van der Waals surface area contributed by atoms with Gasteiger partial charge in [-0.2, -0.15) is 0 Å². The Kier molecular flexibility index (Phi) is 2.74. The van der Waals surface area contributed by atoms with Crippen LogP contribution in [0, 0.1) is 5.41 Å². The zero-order valence-corrected chi connectivity index (χ0v) is 10.9. The van der Waals surface area contributed by atoms with E-state index in [1.807, 2.05) is 0 Å². The molecule has 0 amide bonds. The summed E-state index contributed by atoms with van der Waals surface area (Å²) < 4.78 is 0. The Morgan fingerprint density at radius 2 is 2.18 bits per heavy atom. The van der Waals surface area contributed by atoms with Crippen LogP contribution >= 0.6 is 11.3 Å². The SMILES string of the molecule is CC1(CNc2ncnc3sccc23)CCCC1. The van der Waals surface area contributed by atoms with Gasteiger partial charge in [-0.1, -0.05) is 19.8 Å². The molecule has 0 aliphatic heterocycles. The molecule has 90 valence electrons. The van der Waals surface area contributed by atoms with Crippen LogP contribution in [0.15, 0.2) is 17.8 Å². The summed E-state index contributed by atoms with van der Waals surface area (Å²) in [6.07, 6.45) is 7.06. The van der Waals surface area contributed by atoms with Crippen LogP contribution in [0.1, 0.15) is 32.6 Å². The van der Waals surface area contributed by atoms with Gasteiger partial charge in [-0.05, 0) is 29.7 Å². The summed E-state index contributed by atoms with van der Waals surface area (Å²) in [6, 6.07) is 2.10. The molecule has 2 heterocycles. The van der Waals surface area contributed by atoms with Gasteiger partial charge >= 0.3 is 0 Å². The van der Waals surface area contributed by atoms with E-state index in [4.69, 9.17) is 0 Å². The van der Waals surface area contributed by atoms with Crippen molar-refractivity contribution in [2.24, 2.45) is 5.41 Å². The zero-order valence-electron chi connectivity index (χ0n) is 10.1. The Balaban J connectivity index is 1.78. The van der Waals surface area contributed by atoms with E-state index in [1.54, 1.807) is 17.7 Å². The van der Waals surface area contributed by atoms with Crippen molar-refractivity contribution in [1.82, 2.24) is 9.97 Å². The van der Waals surface area contributed by atoms with E-state index >= 15 is 0 Å². The summed E-state index contributed by atoms with van der Waals surface area (Å²) in [6.45, 7) is 3.40. The summed E-state index contributed by atoms with van der Waals surface area (Å²) in [5, 5.41) is 6.73. The molecule has 3 nitrogen and oxygen atoms in total. The average molecular weight is 247 g/mol. The summed E-state index contributed by atoms with van der Waals surface area (Å²) in [7, 11) is 0. The van der Waals surface area contributed by atoms with Gasteiger partial charge in [0.1, 0.15) is 17.0 Å². The van der Waals surface area contributed by atoms with Crippen molar-refractivity contribution in [2.45, 2.75) is 32.6 Å². The van der Waals surface area contributed by atoms with Crippen LogP contribution in [0.25, 0.3) is 10.2 Å². The standard InChI is InChI=1S/C13H17N3S/c1-13(5-2-3-6-13)8-14-11-10-4-7-17-12(10)16-9-15-11/h4,7,9H,2-3,5-6,8H2,1H3,(H,14,15,16). The normalized spacial score (nSPS) is 18.6. The molecule has 0 bridgehead atoms. The molecular formula is C13H17N3S. The second-order valence-electron chi connectivity index (χ2n) is 5.23. The van der Waals surface area contributed by atoms with E-state index < -0.39 is 0 Å². The van der Waals surface area contributed by atoms with Crippen LogP contribution in [0.3, 0.4) is 0 Å². The lowest BCUT2D eigenvalue weighted by Crippen LogP contribution is -2.23. The second kappa shape index (κ2) is 4.26. The summed E-state index contributed by atoms with van der Waals surface area (Å²) in [5.41, 5.74) is 0.452. The van der Waals surface area contributed by atoms with Crippen molar-refractivity contribution in [3.05, 3.63) is 17.8 Å². The van der Waals surface area contributed by atoms with E-state index in [1.165, 1.54) is 25.7 Å². The van der Waals surface area contributed by atoms with Crippen molar-refractivity contribution in [2.75, 3.05) is 11.9 Å². The largest absolute Gasteiger partial charge is 0.369 e. The molecule has 0 atom stereocenters. The van der Waals surface area contributed by atoms with Crippen molar-refractivity contribution in [3.63, 3.8) is 0 Å². The van der Waals surface area contributed by atoms with Gasteiger partial charge in [-0.15, -0.1) is 11.3 Å². The maximum absolute atomic E-state index is 4.36. The predicted molar refractivity (Wildman–Crippen MR) is 72.5 cm³/mol. The minimum atomic E-state index is 0.452. The van der Waals surface area contributed by atoms with Crippen molar-refractivity contribution < 1.29 is 0 Å². The van der Waals surface area contributed by atoms with E-state index in [0.29, 0.717) is 5.41 Å². The molecule has 0 spiro atoms. The Morgan fingerprint density at radius 1 is 1.35 bits per heavy atom. The second-order valence-corrected chi connectivity index (χ2v) is 6.13. The monoisotopic (exact) mass is 247 g/mol. The highest BCUT2D eigenvalue weighted by molar-refractivity contribution is 7.16. The number of hydrogen-bond donors (Lipinski definition) is 1. The molecule has 0 unspecified atom stereocenters. The Morgan fingerprint density at radius 3 is 3.00 bits per heavy atom. The minimum absolute atomic E-state index is 0.452. The van der Waals surface area contributed by atoms with Gasteiger partial charge in [0.25, 0.3) is 0 Å². The molecule has 1 saturated carbocycles. The fourth-order valence-electron chi connectivity index (χ4n) is 2.63. The third-order valence-electron chi connectivity index (χ3n) is 3.76. The van der Waals surface area contributed by atoms with E-state index in [0.717, 1.165) is 22.6 Å². The molecule has 2 aromatic rings. The number of rotatable bonds is 3. The number of fused-ring (bicyclic) bond motifs is 1. The molecule has 1 aliphatic carbocycles. The first kappa shape index (κ1) is 11.0. The third kappa shape index (κ3) is 2.14. The fraction of sp³-hybridized carbons (Fsp3) is 0.538. The molecule has 1 fully saturated rings. The van der Waals surface area contributed by atoms with Crippen molar-refractivity contribution in [1.29, 1.82) is 0 Å². The first-order chi connectivity index (χ1) is 8.27. The van der Waals surface area contributed by atoms with Gasteiger partial charge < -0.3 is 5.32 Å². The van der Waals surface area contributed by atoms with Gasteiger partial charge in [-0.3, -0.25) is 0 Å². The quantitative estimate of drug-likeness (QED) is 0.899. The number of nitrogens with one attached hydrogen (secondary N) is 1. The number of anilines is 1. The first-order valence-corrected chi connectivity index (χ1v) is 7.07. The predicted octanol–water partition coefficient (Wildman–Crippen LogP) is 3.68. The van der Waals surface area contributed by atoms with Gasteiger partial charge in [0.05, 0.1) is 5.39 Å². The van der Waals surface area contributed by atoms with Gasteiger partial charge in [0.2, 0.25) is 0 Å². The molecule has 0 radical (unpaired) electrons. The van der Waals surface area contributed by atoms with Crippen LogP contribution < -0.4 is 5.32 Å². The lowest BCUT2D eigenvalue weighted by molar-refractivity contribution is 0.362. The molecule has 4 heteroatoms. The van der Waals surface area contributed by atoms with Gasteiger partial charge in [0, 0.05) is 6.54 Å². The summed E-state index contributed by atoms with van der Waals surface area (Å²) in [4.78, 5) is 9.69. The van der Waals surface area contributed by atoms with E-state index in [-0.39, 0.29) is 0 Å². The summed E-state index contributed by atoms with van der Waals surface area (Å²) >= 11 is 1.67. The highest BCUT2D eigenvalue weighted by Gasteiger charge is 2.28. The molecule has 1 N–H and O–H groups in total. The van der Waals surface area contributed by atoms with Crippen LogP contribution in [-0.2, 0) is 0 Å². The Labute approximate surface area is 105 Å². The zero-order chi connectivity index (χ0) is 11.7.